The van der Waals surface area contributed by atoms with Crippen LogP contribution in [0, 0.1) is 23.3 Å². The van der Waals surface area contributed by atoms with Gasteiger partial charge in [0.05, 0.1) is 11.4 Å². The van der Waals surface area contributed by atoms with Crippen LogP contribution in [0.3, 0.4) is 0 Å². The number of nitrogens with zero attached hydrogens (tertiary/aromatic N) is 1. The van der Waals surface area contributed by atoms with Gasteiger partial charge in [-0.15, -0.1) is 11.6 Å². The smallest absolute Gasteiger partial charge is 0.416 e. The molecule has 3 nitrogen and oxygen atoms in total. The van der Waals surface area contributed by atoms with E-state index in [1.54, 1.807) is 0 Å². The molecule has 0 saturated heterocycles. The minimum Gasteiger partial charge on any atom is -0.446 e. The van der Waals surface area contributed by atoms with Crippen molar-refractivity contribution in [3.8, 4) is 11.5 Å². The summed E-state index contributed by atoms with van der Waals surface area (Å²) in [4.78, 5) is 3.60. The maximum atomic E-state index is 14.0. The standard InChI is InChI=1S/C15H8ClF7N2O/c16-5-11(24)25-10-2-1-7(17)12(20)14(10)26-13-8(18)3-6(4-9(13)19)15(21,22)23/h1-4H,5H2,(H2,24,25). The van der Waals surface area contributed by atoms with Gasteiger partial charge in [0, 0.05) is 0 Å². The average molecular weight is 401 g/mol. The molecule has 0 heterocycles. The lowest BCUT2D eigenvalue weighted by Crippen LogP contribution is -2.12. The molecule has 2 aromatic carbocycles. The first-order chi connectivity index (χ1) is 12.0. The van der Waals surface area contributed by atoms with Crippen molar-refractivity contribution in [1.82, 2.24) is 0 Å². The highest BCUT2D eigenvalue weighted by atomic mass is 35.5. The van der Waals surface area contributed by atoms with Crippen LogP contribution in [0.5, 0.6) is 11.5 Å². The third-order valence-electron chi connectivity index (χ3n) is 2.96. The summed E-state index contributed by atoms with van der Waals surface area (Å²) in [6.45, 7) is 0. The number of aliphatic imine (C=N–C) groups is 1. The maximum absolute atomic E-state index is 14.0. The summed E-state index contributed by atoms with van der Waals surface area (Å²) in [7, 11) is 0. The number of hydrogen-bond acceptors (Lipinski definition) is 2. The Labute approximate surface area is 146 Å². The number of rotatable bonds is 4. The van der Waals surface area contributed by atoms with Crippen LogP contribution in [0.1, 0.15) is 5.56 Å². The second kappa shape index (κ2) is 7.40. The lowest BCUT2D eigenvalue weighted by molar-refractivity contribution is -0.138. The second-order valence-electron chi connectivity index (χ2n) is 4.82. The zero-order valence-electron chi connectivity index (χ0n) is 12.5. The lowest BCUT2D eigenvalue weighted by atomic mass is 10.2. The first-order valence-corrected chi connectivity index (χ1v) is 7.19. The van der Waals surface area contributed by atoms with E-state index in [0.29, 0.717) is 6.07 Å². The molecule has 0 bridgehead atoms. The zero-order chi connectivity index (χ0) is 19.6. The van der Waals surface area contributed by atoms with Gasteiger partial charge < -0.3 is 10.5 Å². The summed E-state index contributed by atoms with van der Waals surface area (Å²) >= 11 is 5.41. The number of amidine groups is 1. The maximum Gasteiger partial charge on any atom is 0.416 e. The molecule has 0 spiro atoms. The molecule has 0 unspecified atom stereocenters. The van der Waals surface area contributed by atoms with E-state index in [1.165, 1.54) is 0 Å². The van der Waals surface area contributed by atoms with E-state index in [4.69, 9.17) is 17.3 Å². The number of hydrogen-bond donors (Lipinski definition) is 1. The zero-order valence-corrected chi connectivity index (χ0v) is 13.2. The summed E-state index contributed by atoms with van der Waals surface area (Å²) in [6, 6.07) is 1.42. The van der Waals surface area contributed by atoms with Gasteiger partial charge in [-0.2, -0.15) is 17.6 Å². The van der Waals surface area contributed by atoms with Crippen LogP contribution >= 0.6 is 11.6 Å². The van der Waals surface area contributed by atoms with Gasteiger partial charge in [-0.05, 0) is 24.3 Å². The van der Waals surface area contributed by atoms with Crippen molar-refractivity contribution >= 4 is 23.1 Å². The monoisotopic (exact) mass is 400 g/mol. The van der Waals surface area contributed by atoms with E-state index >= 15 is 0 Å². The number of alkyl halides is 4. The van der Waals surface area contributed by atoms with Gasteiger partial charge in [0.15, 0.2) is 29.0 Å². The summed E-state index contributed by atoms with van der Waals surface area (Å²) in [5, 5.41) is 0. The first-order valence-electron chi connectivity index (χ1n) is 6.65. The van der Waals surface area contributed by atoms with E-state index in [1.807, 2.05) is 0 Å². The van der Waals surface area contributed by atoms with Crippen LogP contribution in [0.25, 0.3) is 0 Å². The number of nitrogens with two attached hydrogens (primary N) is 1. The molecule has 0 aliphatic rings. The normalized spacial score (nSPS) is 12.4. The summed E-state index contributed by atoms with van der Waals surface area (Å²) in [5.41, 5.74) is 3.26. The van der Waals surface area contributed by atoms with Crippen LogP contribution in [-0.4, -0.2) is 11.7 Å². The topological polar surface area (TPSA) is 47.6 Å². The Kier molecular flexibility index (Phi) is 5.65. The fraction of sp³-hybridized carbons (Fsp3) is 0.133. The third-order valence-corrected chi connectivity index (χ3v) is 3.23. The Bertz CT molecular complexity index is 845. The summed E-state index contributed by atoms with van der Waals surface area (Å²) in [5.74, 6) is -9.68. The molecule has 0 aliphatic heterocycles. The molecule has 11 heteroatoms. The van der Waals surface area contributed by atoms with Gasteiger partial charge in [0.2, 0.25) is 5.82 Å². The third kappa shape index (κ3) is 4.18. The molecule has 0 radical (unpaired) electrons. The number of benzene rings is 2. The Balaban J connectivity index is 2.57. The van der Waals surface area contributed by atoms with E-state index in [0.717, 1.165) is 6.07 Å². The van der Waals surface area contributed by atoms with Crippen molar-refractivity contribution in [2.45, 2.75) is 6.18 Å². The van der Waals surface area contributed by atoms with Gasteiger partial charge in [-0.1, -0.05) is 0 Å². The molecule has 0 aromatic heterocycles. The quantitative estimate of drug-likeness (QED) is 0.328. The molecule has 0 atom stereocenters. The van der Waals surface area contributed by atoms with Crippen LogP contribution in [0.15, 0.2) is 29.3 Å². The molecule has 2 N–H and O–H groups in total. The van der Waals surface area contributed by atoms with Crippen molar-refractivity contribution in [1.29, 1.82) is 0 Å². The van der Waals surface area contributed by atoms with Crippen LogP contribution in [-0.2, 0) is 6.18 Å². The van der Waals surface area contributed by atoms with Crippen molar-refractivity contribution in [3.63, 3.8) is 0 Å². The van der Waals surface area contributed by atoms with Gasteiger partial charge in [-0.3, -0.25) is 0 Å². The Morgan fingerprint density at radius 3 is 2.08 bits per heavy atom. The minimum atomic E-state index is -5.02. The molecular formula is C15H8ClF7N2O. The molecule has 26 heavy (non-hydrogen) atoms. The SMILES string of the molecule is NC(CCl)=Nc1ccc(F)c(F)c1Oc1c(F)cc(C(F)(F)F)cc1F. The van der Waals surface area contributed by atoms with Crippen molar-refractivity contribution < 1.29 is 35.5 Å². The van der Waals surface area contributed by atoms with Gasteiger partial charge in [-0.25, -0.2) is 18.2 Å². The van der Waals surface area contributed by atoms with Crippen molar-refractivity contribution in [2.24, 2.45) is 10.7 Å². The van der Waals surface area contributed by atoms with E-state index < -0.39 is 52.2 Å². The Morgan fingerprint density at radius 2 is 1.58 bits per heavy atom. The van der Waals surface area contributed by atoms with Crippen molar-refractivity contribution in [3.05, 3.63) is 53.1 Å². The fourth-order valence-electron chi connectivity index (χ4n) is 1.81. The highest BCUT2D eigenvalue weighted by Gasteiger charge is 2.33. The van der Waals surface area contributed by atoms with Gasteiger partial charge in [0.25, 0.3) is 0 Å². The lowest BCUT2D eigenvalue weighted by Gasteiger charge is -2.14. The molecule has 0 saturated carbocycles. The predicted octanol–water partition coefficient (Wildman–Crippen LogP) is 5.28. The van der Waals surface area contributed by atoms with Crippen LogP contribution < -0.4 is 10.5 Å². The van der Waals surface area contributed by atoms with E-state index in [2.05, 4.69) is 9.73 Å². The molecule has 2 aromatic rings. The van der Waals surface area contributed by atoms with Crippen LogP contribution in [0.4, 0.5) is 36.4 Å². The average Bonchev–Trinajstić information content (AvgIpc) is 2.55. The van der Waals surface area contributed by atoms with E-state index in [-0.39, 0.29) is 23.8 Å². The fourth-order valence-corrected chi connectivity index (χ4v) is 1.87. The molecule has 140 valence electrons. The molecule has 0 fully saturated rings. The molecule has 0 amide bonds. The highest BCUT2D eigenvalue weighted by molar-refractivity contribution is 6.28. The van der Waals surface area contributed by atoms with Crippen molar-refractivity contribution in [2.75, 3.05) is 5.88 Å². The van der Waals surface area contributed by atoms with Crippen LogP contribution in [0.2, 0.25) is 0 Å². The summed E-state index contributed by atoms with van der Waals surface area (Å²) in [6.07, 6.45) is -5.02. The first kappa shape index (κ1) is 19.8. The molecular weight excluding hydrogens is 393 g/mol. The second-order valence-corrected chi connectivity index (χ2v) is 5.08. The predicted molar refractivity (Wildman–Crippen MR) is 79.8 cm³/mol. The number of halogens is 8. The molecule has 0 aliphatic carbocycles. The Hall–Kier alpha value is -2.49. The highest BCUT2D eigenvalue weighted by Crippen LogP contribution is 2.40. The summed E-state index contributed by atoms with van der Waals surface area (Å²) < 4.78 is 97.4. The van der Waals surface area contributed by atoms with Gasteiger partial charge >= 0.3 is 6.18 Å². The minimum absolute atomic E-state index is 0.0499. The van der Waals surface area contributed by atoms with E-state index in [9.17, 15) is 30.7 Å². The largest absolute Gasteiger partial charge is 0.446 e. The van der Waals surface area contributed by atoms with Gasteiger partial charge in [0.1, 0.15) is 11.5 Å². The number of ether oxygens (including phenoxy) is 1. The molecule has 2 rings (SSSR count). The Morgan fingerprint density at radius 1 is 1.00 bits per heavy atom.